The number of methoxy groups -OCH3 is 1. The quantitative estimate of drug-likeness (QED) is 0.429. The van der Waals surface area contributed by atoms with Gasteiger partial charge in [-0.2, -0.15) is 0 Å². The van der Waals surface area contributed by atoms with Crippen molar-refractivity contribution in [3.63, 3.8) is 0 Å². The molecule has 0 aromatic rings. The molecule has 110 valence electrons. The van der Waals surface area contributed by atoms with Gasteiger partial charge in [0.05, 0.1) is 25.6 Å². The summed E-state index contributed by atoms with van der Waals surface area (Å²) in [5.41, 5.74) is -0.489. The van der Waals surface area contributed by atoms with E-state index in [-0.39, 0.29) is 5.75 Å². The van der Waals surface area contributed by atoms with Crippen molar-refractivity contribution >= 4 is 19.7 Å². The van der Waals surface area contributed by atoms with Crippen LogP contribution in [0.1, 0.15) is 20.3 Å². The zero-order valence-electron chi connectivity index (χ0n) is 11.3. The van der Waals surface area contributed by atoms with Crippen LogP contribution in [0.5, 0.6) is 0 Å². The minimum atomic E-state index is -3.49. The van der Waals surface area contributed by atoms with Crippen LogP contribution in [0.2, 0.25) is 0 Å². The second-order valence-corrected chi connectivity index (χ2v) is 7.64. The summed E-state index contributed by atoms with van der Waals surface area (Å²) in [6.07, 6.45) is 0.854. The lowest BCUT2D eigenvalue weighted by Crippen LogP contribution is -2.27. The lowest BCUT2D eigenvalue weighted by atomic mass is 9.98. The third kappa shape index (κ3) is 12.6. The molecule has 0 aliphatic carbocycles. The minimum Gasteiger partial charge on any atom is -0.385 e. The van der Waals surface area contributed by atoms with Gasteiger partial charge in [-0.15, -0.1) is 0 Å². The van der Waals surface area contributed by atoms with Gasteiger partial charge in [0.2, 0.25) is 9.05 Å². The first-order valence-corrected chi connectivity index (χ1v) is 8.31. The summed E-state index contributed by atoms with van der Waals surface area (Å²) in [6, 6.07) is 0. The maximum atomic E-state index is 11.0. The van der Waals surface area contributed by atoms with E-state index in [0.29, 0.717) is 33.0 Å². The highest BCUT2D eigenvalue weighted by atomic mass is 35.7. The molecule has 0 spiro atoms. The van der Waals surface area contributed by atoms with Gasteiger partial charge in [0.25, 0.3) is 0 Å². The van der Waals surface area contributed by atoms with Gasteiger partial charge in [-0.1, -0.05) is 13.8 Å². The van der Waals surface area contributed by atoms with Crippen molar-refractivity contribution in [2.75, 3.05) is 45.9 Å². The predicted molar refractivity (Wildman–Crippen MR) is 71.6 cm³/mol. The van der Waals surface area contributed by atoms with Crippen LogP contribution < -0.4 is 0 Å². The van der Waals surface area contributed by atoms with Crippen molar-refractivity contribution in [3.05, 3.63) is 0 Å². The summed E-state index contributed by atoms with van der Waals surface area (Å²) in [5.74, 6) is -0.101. The molecule has 0 aliphatic rings. The summed E-state index contributed by atoms with van der Waals surface area (Å²) >= 11 is 0. The van der Waals surface area contributed by atoms with E-state index < -0.39 is 14.5 Å². The number of ether oxygens (including phenoxy) is 3. The van der Waals surface area contributed by atoms with Crippen LogP contribution in [0.3, 0.4) is 0 Å². The molecule has 7 heteroatoms. The van der Waals surface area contributed by atoms with E-state index in [0.717, 1.165) is 6.42 Å². The van der Waals surface area contributed by atoms with E-state index in [4.69, 9.17) is 24.9 Å². The SMILES string of the molecule is COCCCOCCOCC(C)(C)CS(=O)(=O)Cl. The van der Waals surface area contributed by atoms with Crippen molar-refractivity contribution in [2.45, 2.75) is 20.3 Å². The largest absolute Gasteiger partial charge is 0.385 e. The lowest BCUT2D eigenvalue weighted by molar-refractivity contribution is 0.0159. The second kappa shape index (κ2) is 9.09. The molecule has 0 N–H and O–H groups in total. The van der Waals surface area contributed by atoms with Crippen molar-refractivity contribution in [2.24, 2.45) is 5.41 Å². The van der Waals surface area contributed by atoms with Crippen molar-refractivity contribution in [1.29, 1.82) is 0 Å². The molecular weight excluding hydrogens is 280 g/mol. The molecule has 0 heterocycles. The molecule has 0 fully saturated rings. The number of hydrogen-bond donors (Lipinski definition) is 0. The van der Waals surface area contributed by atoms with Gasteiger partial charge in [0, 0.05) is 36.4 Å². The van der Waals surface area contributed by atoms with Gasteiger partial charge in [-0.3, -0.25) is 0 Å². The summed E-state index contributed by atoms with van der Waals surface area (Å²) in [5, 5.41) is 0. The van der Waals surface area contributed by atoms with Crippen LogP contribution in [-0.4, -0.2) is 54.3 Å². The van der Waals surface area contributed by atoms with Crippen LogP contribution in [0, 0.1) is 5.41 Å². The van der Waals surface area contributed by atoms with E-state index in [1.807, 2.05) is 0 Å². The summed E-state index contributed by atoms with van der Waals surface area (Å²) in [6.45, 7) is 6.18. The Hall–Kier alpha value is 0.120. The van der Waals surface area contributed by atoms with Crippen molar-refractivity contribution in [3.8, 4) is 0 Å². The number of halogens is 1. The molecule has 5 nitrogen and oxygen atoms in total. The Morgan fingerprint density at radius 3 is 2.22 bits per heavy atom. The number of hydrogen-bond acceptors (Lipinski definition) is 5. The molecule has 0 aromatic carbocycles. The molecule has 0 aromatic heterocycles. The first-order valence-electron chi connectivity index (χ1n) is 5.84. The molecule has 0 saturated carbocycles. The van der Waals surface area contributed by atoms with Crippen molar-refractivity contribution < 1.29 is 22.6 Å². The van der Waals surface area contributed by atoms with E-state index in [9.17, 15) is 8.42 Å². The molecular formula is C11H23ClO5S. The van der Waals surface area contributed by atoms with Crippen molar-refractivity contribution in [1.82, 2.24) is 0 Å². The summed E-state index contributed by atoms with van der Waals surface area (Å²) < 4.78 is 37.5. The van der Waals surface area contributed by atoms with Gasteiger partial charge in [0.1, 0.15) is 0 Å². The maximum absolute atomic E-state index is 11.0. The zero-order valence-corrected chi connectivity index (χ0v) is 12.8. The molecule has 0 saturated heterocycles. The molecule has 0 amide bonds. The van der Waals surface area contributed by atoms with Crippen LogP contribution in [0.15, 0.2) is 0 Å². The highest BCUT2D eigenvalue weighted by Gasteiger charge is 2.25. The Morgan fingerprint density at radius 2 is 1.67 bits per heavy atom. The zero-order chi connectivity index (χ0) is 14.1. The fourth-order valence-corrected chi connectivity index (χ4v) is 3.28. The van der Waals surface area contributed by atoms with Crippen LogP contribution in [0.4, 0.5) is 0 Å². The molecule has 0 rings (SSSR count). The van der Waals surface area contributed by atoms with Gasteiger partial charge < -0.3 is 14.2 Å². The van der Waals surface area contributed by atoms with E-state index >= 15 is 0 Å². The summed E-state index contributed by atoms with van der Waals surface area (Å²) in [7, 11) is 3.37. The Balaban J connectivity index is 3.53. The Morgan fingerprint density at radius 1 is 1.06 bits per heavy atom. The molecule has 0 atom stereocenters. The summed E-state index contributed by atoms with van der Waals surface area (Å²) in [4.78, 5) is 0. The third-order valence-electron chi connectivity index (χ3n) is 2.07. The second-order valence-electron chi connectivity index (χ2n) is 4.86. The average molecular weight is 303 g/mol. The minimum absolute atomic E-state index is 0.101. The normalized spacial score (nSPS) is 12.9. The lowest BCUT2D eigenvalue weighted by Gasteiger charge is -2.22. The fourth-order valence-electron chi connectivity index (χ4n) is 1.38. The monoisotopic (exact) mass is 302 g/mol. The van der Waals surface area contributed by atoms with Gasteiger partial charge in [0.15, 0.2) is 0 Å². The van der Waals surface area contributed by atoms with Crippen LogP contribution in [0.25, 0.3) is 0 Å². The Labute approximate surface area is 114 Å². The van der Waals surface area contributed by atoms with E-state index in [1.165, 1.54) is 0 Å². The Bertz CT molecular complexity index is 303. The fraction of sp³-hybridized carbons (Fsp3) is 1.00. The van der Waals surface area contributed by atoms with Gasteiger partial charge in [-0.25, -0.2) is 8.42 Å². The topological polar surface area (TPSA) is 61.8 Å². The molecule has 0 bridgehead atoms. The molecule has 0 radical (unpaired) electrons. The molecule has 0 unspecified atom stereocenters. The highest BCUT2D eigenvalue weighted by Crippen LogP contribution is 2.20. The van der Waals surface area contributed by atoms with E-state index in [2.05, 4.69) is 0 Å². The highest BCUT2D eigenvalue weighted by molar-refractivity contribution is 8.13. The smallest absolute Gasteiger partial charge is 0.233 e. The van der Waals surface area contributed by atoms with Crippen LogP contribution >= 0.6 is 10.7 Å². The molecule has 0 aliphatic heterocycles. The Kier molecular flexibility index (Phi) is 9.15. The molecule has 18 heavy (non-hydrogen) atoms. The van der Waals surface area contributed by atoms with Gasteiger partial charge in [-0.05, 0) is 6.42 Å². The first-order chi connectivity index (χ1) is 8.27. The van der Waals surface area contributed by atoms with Crippen LogP contribution in [-0.2, 0) is 23.3 Å². The predicted octanol–water partition coefficient (Wildman–Crippen LogP) is 1.65. The number of rotatable bonds is 11. The first kappa shape index (κ1) is 18.1. The third-order valence-corrected chi connectivity index (χ3v) is 3.52. The maximum Gasteiger partial charge on any atom is 0.233 e. The standard InChI is InChI=1S/C11H23ClO5S/c1-11(2,10-18(12,13)14)9-17-8-7-16-6-4-5-15-3/h4-10H2,1-3H3. The van der Waals surface area contributed by atoms with E-state index in [1.54, 1.807) is 21.0 Å². The average Bonchev–Trinajstić information content (AvgIpc) is 2.18. The van der Waals surface area contributed by atoms with Gasteiger partial charge >= 0.3 is 0 Å².